The largest absolute Gasteiger partial charge is 0.376 e. The van der Waals surface area contributed by atoms with Crippen LogP contribution in [-0.2, 0) is 19.6 Å². The Morgan fingerprint density at radius 1 is 1.21 bits per heavy atom. The Bertz CT molecular complexity index is 954. The number of benzene rings is 1. The van der Waals surface area contributed by atoms with Crippen molar-refractivity contribution in [1.29, 1.82) is 0 Å². The normalized spacial score (nSPS) is 16.8. The quantitative estimate of drug-likeness (QED) is 0.737. The zero-order chi connectivity index (χ0) is 21.2. The van der Waals surface area contributed by atoms with Gasteiger partial charge in [-0.1, -0.05) is 11.2 Å². The molecule has 1 saturated heterocycles. The molecule has 1 aromatic carbocycles. The Morgan fingerprint density at radius 2 is 1.90 bits per heavy atom. The van der Waals surface area contributed by atoms with Gasteiger partial charge in [-0.3, -0.25) is 9.10 Å². The van der Waals surface area contributed by atoms with Crippen LogP contribution >= 0.6 is 0 Å². The third-order valence-corrected chi connectivity index (χ3v) is 6.87. The second-order valence-corrected chi connectivity index (χ2v) is 9.25. The van der Waals surface area contributed by atoms with E-state index in [4.69, 9.17) is 9.26 Å². The number of rotatable bonds is 7. The van der Waals surface area contributed by atoms with Crippen molar-refractivity contribution in [2.24, 2.45) is 0 Å². The molecule has 1 aliphatic rings. The van der Waals surface area contributed by atoms with Crippen LogP contribution in [0, 0.1) is 27.7 Å². The number of hydrogen-bond acceptors (Lipinski definition) is 6. The fourth-order valence-corrected chi connectivity index (χ4v) is 5.28. The highest BCUT2D eigenvalue weighted by Crippen LogP contribution is 2.29. The first-order chi connectivity index (χ1) is 13.7. The fourth-order valence-electron chi connectivity index (χ4n) is 3.58. The summed E-state index contributed by atoms with van der Waals surface area (Å²) in [4.78, 5) is 12.6. The fraction of sp³-hybridized carbons (Fsp3) is 0.500. The van der Waals surface area contributed by atoms with Crippen LogP contribution < -0.4 is 9.62 Å². The van der Waals surface area contributed by atoms with Crippen LogP contribution in [-0.4, -0.2) is 45.3 Å². The predicted molar refractivity (Wildman–Crippen MR) is 108 cm³/mol. The number of hydrogen-bond donors (Lipinski definition) is 1. The molecule has 2 heterocycles. The molecule has 29 heavy (non-hydrogen) atoms. The molecule has 0 unspecified atom stereocenters. The first-order valence-corrected chi connectivity index (χ1v) is 11.0. The summed E-state index contributed by atoms with van der Waals surface area (Å²) >= 11 is 0. The summed E-state index contributed by atoms with van der Waals surface area (Å²) in [6.45, 7) is 7.59. The first-order valence-electron chi connectivity index (χ1n) is 9.60. The summed E-state index contributed by atoms with van der Waals surface area (Å²) in [5.74, 6) is -0.202. The molecule has 8 nitrogen and oxygen atoms in total. The lowest BCUT2D eigenvalue weighted by Gasteiger charge is -2.25. The molecular formula is C20H27N3O5S. The molecule has 1 aliphatic heterocycles. The molecule has 9 heteroatoms. The first kappa shape index (κ1) is 21.3. The molecule has 0 saturated carbocycles. The van der Waals surface area contributed by atoms with Crippen LogP contribution in [0.1, 0.15) is 35.4 Å². The highest BCUT2D eigenvalue weighted by Gasteiger charge is 2.33. The molecular weight excluding hydrogens is 394 g/mol. The number of aryl methyl sites for hydroxylation is 4. The highest BCUT2D eigenvalue weighted by atomic mass is 32.2. The van der Waals surface area contributed by atoms with Crippen LogP contribution in [0.25, 0.3) is 0 Å². The molecule has 0 aliphatic carbocycles. The lowest BCUT2D eigenvalue weighted by atomic mass is 10.1. The van der Waals surface area contributed by atoms with E-state index in [2.05, 4.69) is 10.5 Å². The summed E-state index contributed by atoms with van der Waals surface area (Å²) in [6.07, 6.45) is 1.83. The Hall–Kier alpha value is -2.39. The number of carbonyl (C=O) groups is 1. The van der Waals surface area contributed by atoms with E-state index in [0.29, 0.717) is 18.8 Å². The van der Waals surface area contributed by atoms with Gasteiger partial charge in [0.05, 0.1) is 11.8 Å². The average molecular weight is 422 g/mol. The van der Waals surface area contributed by atoms with Gasteiger partial charge in [0, 0.05) is 13.2 Å². The van der Waals surface area contributed by atoms with E-state index < -0.39 is 15.9 Å². The van der Waals surface area contributed by atoms with Crippen molar-refractivity contribution in [2.75, 3.05) is 24.0 Å². The molecule has 0 bridgehead atoms. The van der Waals surface area contributed by atoms with Gasteiger partial charge >= 0.3 is 0 Å². The molecule has 1 N–H and O–H groups in total. The molecule has 1 amide bonds. The smallest absolute Gasteiger partial charge is 0.270 e. The van der Waals surface area contributed by atoms with Crippen LogP contribution in [0.3, 0.4) is 0 Å². The van der Waals surface area contributed by atoms with E-state index in [0.717, 1.165) is 28.3 Å². The van der Waals surface area contributed by atoms with E-state index >= 15 is 0 Å². The van der Waals surface area contributed by atoms with Gasteiger partial charge in [-0.15, -0.1) is 0 Å². The minimum Gasteiger partial charge on any atom is -0.376 e. The summed E-state index contributed by atoms with van der Waals surface area (Å²) in [5.41, 5.74) is 2.49. The maximum Gasteiger partial charge on any atom is 0.270 e. The molecule has 2 aromatic rings. The Kier molecular flexibility index (Phi) is 6.28. The second-order valence-electron chi connectivity index (χ2n) is 7.45. The number of nitrogens with zero attached hydrogens (tertiary/aromatic N) is 2. The van der Waals surface area contributed by atoms with Crippen molar-refractivity contribution >= 4 is 21.6 Å². The van der Waals surface area contributed by atoms with Crippen molar-refractivity contribution in [3.05, 3.63) is 40.8 Å². The van der Waals surface area contributed by atoms with Crippen LogP contribution in [0.15, 0.2) is 27.6 Å². The van der Waals surface area contributed by atoms with E-state index in [-0.39, 0.29) is 29.0 Å². The van der Waals surface area contributed by atoms with Crippen LogP contribution in [0.4, 0.5) is 5.69 Å². The Morgan fingerprint density at radius 3 is 2.45 bits per heavy atom. The highest BCUT2D eigenvalue weighted by molar-refractivity contribution is 7.93. The van der Waals surface area contributed by atoms with E-state index in [9.17, 15) is 13.2 Å². The lowest BCUT2D eigenvalue weighted by molar-refractivity contribution is -0.120. The third kappa shape index (κ3) is 4.79. The summed E-state index contributed by atoms with van der Waals surface area (Å²) in [5, 5.41) is 6.56. The van der Waals surface area contributed by atoms with Crippen molar-refractivity contribution in [1.82, 2.24) is 10.5 Å². The van der Waals surface area contributed by atoms with E-state index in [1.807, 2.05) is 19.9 Å². The monoisotopic (exact) mass is 421 g/mol. The number of carbonyl (C=O) groups excluding carboxylic acids is 1. The molecule has 0 spiro atoms. The SMILES string of the molecule is Cc1cc(C)cc(N(CC(=O)NC[C@@H]2CCCO2)S(=O)(=O)c2c(C)noc2C)c1. The van der Waals surface area contributed by atoms with Gasteiger partial charge in [-0.2, -0.15) is 0 Å². The molecule has 0 radical (unpaired) electrons. The summed E-state index contributed by atoms with van der Waals surface area (Å²) < 4.78 is 38.6. The van der Waals surface area contributed by atoms with Crippen molar-refractivity contribution in [2.45, 2.75) is 51.5 Å². The van der Waals surface area contributed by atoms with Gasteiger partial charge < -0.3 is 14.6 Å². The van der Waals surface area contributed by atoms with E-state index in [1.54, 1.807) is 26.0 Å². The standard InChI is InChI=1S/C20H27N3O5S/c1-13-8-14(2)10-17(9-13)23(12-19(24)21-11-18-6-5-7-27-18)29(25,26)20-15(3)22-28-16(20)4/h8-10,18H,5-7,11-12H2,1-4H3,(H,21,24)/t18-/m0/s1. The maximum absolute atomic E-state index is 13.5. The second kappa shape index (κ2) is 8.54. The van der Waals surface area contributed by atoms with Gasteiger partial charge in [0.2, 0.25) is 5.91 Å². The summed E-state index contributed by atoms with van der Waals surface area (Å²) in [6, 6.07) is 5.44. The topological polar surface area (TPSA) is 102 Å². The zero-order valence-electron chi connectivity index (χ0n) is 17.2. The van der Waals surface area contributed by atoms with Crippen LogP contribution in [0.2, 0.25) is 0 Å². The minimum atomic E-state index is -4.05. The molecule has 1 atom stereocenters. The van der Waals surface area contributed by atoms with Gasteiger partial charge in [0.15, 0.2) is 10.7 Å². The number of anilines is 1. The lowest BCUT2D eigenvalue weighted by Crippen LogP contribution is -2.43. The van der Waals surface area contributed by atoms with E-state index in [1.165, 1.54) is 0 Å². The van der Waals surface area contributed by atoms with Gasteiger partial charge in [0.1, 0.15) is 12.2 Å². The number of amides is 1. The Labute approximate surface area is 171 Å². The zero-order valence-corrected chi connectivity index (χ0v) is 18.0. The minimum absolute atomic E-state index is 0.0106. The summed E-state index contributed by atoms with van der Waals surface area (Å²) in [7, 11) is -4.05. The number of ether oxygens (including phenoxy) is 1. The van der Waals surface area contributed by atoms with Gasteiger partial charge in [-0.25, -0.2) is 8.42 Å². The van der Waals surface area contributed by atoms with Crippen molar-refractivity contribution in [3.63, 3.8) is 0 Å². The number of sulfonamides is 1. The van der Waals surface area contributed by atoms with Crippen molar-refractivity contribution < 1.29 is 22.5 Å². The number of nitrogens with one attached hydrogen (secondary N) is 1. The Balaban J connectivity index is 1.92. The molecule has 3 rings (SSSR count). The third-order valence-electron chi connectivity index (χ3n) is 4.85. The van der Waals surface area contributed by atoms with Crippen molar-refractivity contribution in [3.8, 4) is 0 Å². The average Bonchev–Trinajstić information content (AvgIpc) is 3.26. The predicted octanol–water partition coefficient (Wildman–Crippen LogP) is 2.40. The van der Waals surface area contributed by atoms with Gasteiger partial charge in [0.25, 0.3) is 10.0 Å². The van der Waals surface area contributed by atoms with Gasteiger partial charge in [-0.05, 0) is 63.8 Å². The maximum atomic E-state index is 13.5. The number of aromatic nitrogens is 1. The molecule has 1 fully saturated rings. The molecule has 158 valence electrons. The van der Waals surface area contributed by atoms with Crippen LogP contribution in [0.5, 0.6) is 0 Å². The molecule has 1 aromatic heterocycles.